The van der Waals surface area contributed by atoms with Crippen molar-refractivity contribution in [3.8, 4) is 0 Å². The van der Waals surface area contributed by atoms with E-state index in [0.29, 0.717) is 16.5 Å². The van der Waals surface area contributed by atoms with E-state index in [0.717, 1.165) is 0 Å². The van der Waals surface area contributed by atoms with Crippen molar-refractivity contribution in [2.45, 2.75) is 6.54 Å². The van der Waals surface area contributed by atoms with Gasteiger partial charge in [-0.3, -0.25) is 0 Å². The van der Waals surface area contributed by atoms with Crippen molar-refractivity contribution in [3.63, 3.8) is 0 Å². The summed E-state index contributed by atoms with van der Waals surface area (Å²) in [5, 5.41) is 11.9. The summed E-state index contributed by atoms with van der Waals surface area (Å²) in [5.41, 5.74) is 0.421. The number of carboxylic acid groups (broad SMARTS) is 1. The van der Waals surface area contributed by atoms with Gasteiger partial charge in [0.25, 0.3) is 0 Å². The van der Waals surface area contributed by atoms with E-state index in [2.05, 4.69) is 5.32 Å². The van der Waals surface area contributed by atoms with Crippen LogP contribution < -0.4 is 5.32 Å². The van der Waals surface area contributed by atoms with E-state index < -0.39 is 11.8 Å². The molecule has 0 fully saturated rings. The molecule has 0 bridgehead atoms. The predicted molar refractivity (Wildman–Crippen MR) is 64.4 cm³/mol. The highest BCUT2D eigenvalue weighted by molar-refractivity contribution is 6.33. The highest BCUT2D eigenvalue weighted by Gasteiger charge is 2.09. The van der Waals surface area contributed by atoms with Crippen molar-refractivity contribution in [1.29, 1.82) is 0 Å². The van der Waals surface area contributed by atoms with E-state index in [1.165, 1.54) is 30.3 Å². The lowest BCUT2D eigenvalue weighted by atomic mass is 10.3. The average Bonchev–Trinajstić information content (AvgIpc) is 2.79. The molecule has 0 unspecified atom stereocenters. The molecule has 4 nitrogen and oxygen atoms in total. The Kier molecular flexibility index (Phi) is 3.53. The highest BCUT2D eigenvalue weighted by Crippen LogP contribution is 2.23. The summed E-state index contributed by atoms with van der Waals surface area (Å²) >= 11 is 5.86. The van der Waals surface area contributed by atoms with Crippen molar-refractivity contribution in [1.82, 2.24) is 0 Å². The first kappa shape index (κ1) is 12.4. The van der Waals surface area contributed by atoms with Crippen LogP contribution in [0.3, 0.4) is 0 Å². The molecule has 1 heterocycles. The third-order valence-corrected chi connectivity index (χ3v) is 2.58. The standard InChI is InChI=1S/C12H9ClFNO3/c13-9-3-1-7(14)5-10(9)15-6-8-2-4-11(18-8)12(16)17/h1-5,15H,6H2,(H,16,17). The van der Waals surface area contributed by atoms with Crippen molar-refractivity contribution in [2.75, 3.05) is 5.32 Å². The number of rotatable bonds is 4. The van der Waals surface area contributed by atoms with Gasteiger partial charge in [0.1, 0.15) is 11.6 Å². The fourth-order valence-corrected chi connectivity index (χ4v) is 1.59. The highest BCUT2D eigenvalue weighted by atomic mass is 35.5. The number of furan rings is 1. The van der Waals surface area contributed by atoms with Gasteiger partial charge in [0.2, 0.25) is 5.76 Å². The van der Waals surface area contributed by atoms with Crippen LogP contribution in [0.15, 0.2) is 34.7 Å². The molecule has 1 aromatic carbocycles. The summed E-state index contributed by atoms with van der Waals surface area (Å²) in [5.74, 6) is -1.26. The van der Waals surface area contributed by atoms with Gasteiger partial charge in [-0.05, 0) is 30.3 Å². The molecule has 1 aromatic heterocycles. The van der Waals surface area contributed by atoms with Crippen LogP contribution in [0.4, 0.5) is 10.1 Å². The molecule has 94 valence electrons. The molecule has 2 rings (SSSR count). The third-order valence-electron chi connectivity index (χ3n) is 2.25. The minimum Gasteiger partial charge on any atom is -0.475 e. The van der Waals surface area contributed by atoms with E-state index in [1.807, 2.05) is 0 Å². The second-order valence-corrected chi connectivity index (χ2v) is 3.96. The maximum absolute atomic E-state index is 13.0. The minimum absolute atomic E-state index is 0.142. The monoisotopic (exact) mass is 269 g/mol. The number of hydrogen-bond donors (Lipinski definition) is 2. The maximum Gasteiger partial charge on any atom is 0.371 e. The number of carboxylic acids is 1. The zero-order chi connectivity index (χ0) is 13.1. The Morgan fingerprint density at radius 3 is 2.83 bits per heavy atom. The number of anilines is 1. The lowest BCUT2D eigenvalue weighted by Gasteiger charge is -2.06. The summed E-state index contributed by atoms with van der Waals surface area (Å²) in [6.45, 7) is 0.219. The van der Waals surface area contributed by atoms with Gasteiger partial charge in [-0.15, -0.1) is 0 Å². The summed E-state index contributed by atoms with van der Waals surface area (Å²) in [7, 11) is 0. The Bertz CT molecular complexity index is 582. The second-order valence-electron chi connectivity index (χ2n) is 3.55. The third kappa shape index (κ3) is 2.81. The molecule has 2 N–H and O–H groups in total. The van der Waals surface area contributed by atoms with E-state index in [9.17, 15) is 9.18 Å². The number of carbonyl (C=O) groups is 1. The first-order chi connectivity index (χ1) is 8.56. The number of nitrogens with one attached hydrogen (secondary N) is 1. The van der Waals surface area contributed by atoms with Crippen LogP contribution in [0.5, 0.6) is 0 Å². The molecule has 0 aliphatic rings. The summed E-state index contributed by atoms with van der Waals surface area (Å²) < 4.78 is 18.0. The van der Waals surface area contributed by atoms with Crippen LogP contribution >= 0.6 is 11.6 Å². The Labute approximate surface area is 107 Å². The van der Waals surface area contributed by atoms with E-state index >= 15 is 0 Å². The molecular formula is C12H9ClFNO3. The van der Waals surface area contributed by atoms with Gasteiger partial charge < -0.3 is 14.8 Å². The fraction of sp³-hybridized carbons (Fsp3) is 0.0833. The lowest BCUT2D eigenvalue weighted by molar-refractivity contribution is 0.0660. The Balaban J connectivity index is 2.06. The quantitative estimate of drug-likeness (QED) is 0.893. The molecule has 0 amide bonds. The van der Waals surface area contributed by atoms with Crippen LogP contribution in [0.25, 0.3) is 0 Å². The summed E-state index contributed by atoms with van der Waals surface area (Å²) in [4.78, 5) is 10.6. The summed E-state index contributed by atoms with van der Waals surface area (Å²) in [6.07, 6.45) is 0. The SMILES string of the molecule is O=C(O)c1ccc(CNc2cc(F)ccc2Cl)o1. The smallest absolute Gasteiger partial charge is 0.371 e. The van der Waals surface area contributed by atoms with Gasteiger partial charge in [0.05, 0.1) is 17.3 Å². The second kappa shape index (κ2) is 5.10. The number of benzene rings is 1. The van der Waals surface area contributed by atoms with Gasteiger partial charge in [-0.1, -0.05) is 11.6 Å². The van der Waals surface area contributed by atoms with Gasteiger partial charge in [-0.2, -0.15) is 0 Å². The maximum atomic E-state index is 13.0. The van der Waals surface area contributed by atoms with Crippen molar-refractivity contribution < 1.29 is 18.7 Å². The van der Waals surface area contributed by atoms with Crippen molar-refractivity contribution in [2.24, 2.45) is 0 Å². The number of hydrogen-bond acceptors (Lipinski definition) is 3. The van der Waals surface area contributed by atoms with Gasteiger partial charge in [0, 0.05) is 0 Å². The molecule has 6 heteroatoms. The molecule has 0 saturated heterocycles. The molecule has 0 saturated carbocycles. The van der Waals surface area contributed by atoms with Crippen LogP contribution in [-0.4, -0.2) is 11.1 Å². The van der Waals surface area contributed by atoms with E-state index in [4.69, 9.17) is 21.1 Å². The molecule has 0 spiro atoms. The van der Waals surface area contributed by atoms with E-state index in [1.54, 1.807) is 0 Å². The Morgan fingerprint density at radius 2 is 2.17 bits per heavy atom. The van der Waals surface area contributed by atoms with Crippen molar-refractivity contribution in [3.05, 3.63) is 52.7 Å². The molecule has 18 heavy (non-hydrogen) atoms. The lowest BCUT2D eigenvalue weighted by Crippen LogP contribution is -1.99. The predicted octanol–water partition coefficient (Wildman–Crippen LogP) is 3.38. The first-order valence-corrected chi connectivity index (χ1v) is 5.45. The van der Waals surface area contributed by atoms with Crippen LogP contribution in [0.2, 0.25) is 5.02 Å². The largest absolute Gasteiger partial charge is 0.475 e. The van der Waals surface area contributed by atoms with Gasteiger partial charge in [-0.25, -0.2) is 9.18 Å². The summed E-state index contributed by atoms with van der Waals surface area (Å²) in [6, 6.07) is 6.83. The van der Waals surface area contributed by atoms with Crippen LogP contribution in [0.1, 0.15) is 16.3 Å². The molecule has 0 atom stereocenters. The van der Waals surface area contributed by atoms with Crippen molar-refractivity contribution >= 4 is 23.3 Å². The zero-order valence-corrected chi connectivity index (χ0v) is 9.87. The van der Waals surface area contributed by atoms with Gasteiger partial charge >= 0.3 is 5.97 Å². The Morgan fingerprint density at radius 1 is 1.39 bits per heavy atom. The average molecular weight is 270 g/mol. The number of halogens is 2. The first-order valence-electron chi connectivity index (χ1n) is 5.07. The van der Waals surface area contributed by atoms with Crippen LogP contribution in [0, 0.1) is 5.82 Å². The fourth-order valence-electron chi connectivity index (χ4n) is 1.40. The minimum atomic E-state index is -1.13. The zero-order valence-electron chi connectivity index (χ0n) is 9.11. The van der Waals surface area contributed by atoms with Gasteiger partial charge in [0.15, 0.2) is 0 Å². The molecule has 0 aliphatic carbocycles. The molecular weight excluding hydrogens is 261 g/mol. The molecule has 0 aliphatic heterocycles. The number of aromatic carboxylic acids is 1. The molecule has 2 aromatic rings. The normalized spacial score (nSPS) is 10.3. The van der Waals surface area contributed by atoms with E-state index in [-0.39, 0.29) is 12.3 Å². The topological polar surface area (TPSA) is 62.5 Å². The Hall–Kier alpha value is -2.01. The molecule has 0 radical (unpaired) electrons. The van der Waals surface area contributed by atoms with Crippen LogP contribution in [-0.2, 0) is 6.54 Å².